The van der Waals surface area contributed by atoms with Gasteiger partial charge < -0.3 is 5.32 Å². The maximum atomic E-state index is 5.82. The summed E-state index contributed by atoms with van der Waals surface area (Å²) in [5.41, 5.74) is 1.37. The molecule has 0 aromatic carbocycles. The van der Waals surface area contributed by atoms with Crippen molar-refractivity contribution < 1.29 is 0 Å². The SMILES string of the molecule is CCn1cc(CNC(C)(CC)CCCl)cn1. The van der Waals surface area contributed by atoms with Gasteiger partial charge in [-0.25, -0.2) is 0 Å². The number of nitrogens with zero attached hydrogens (tertiary/aromatic N) is 2. The molecule has 4 heteroatoms. The minimum Gasteiger partial charge on any atom is -0.307 e. The maximum Gasteiger partial charge on any atom is 0.0534 e. The third-order valence-corrected chi connectivity index (χ3v) is 3.35. The maximum absolute atomic E-state index is 5.82. The summed E-state index contributed by atoms with van der Waals surface area (Å²) in [6.07, 6.45) is 6.09. The molecule has 1 aromatic heterocycles. The molecule has 0 spiro atoms. The van der Waals surface area contributed by atoms with Crippen molar-refractivity contribution in [3.05, 3.63) is 18.0 Å². The van der Waals surface area contributed by atoms with Crippen LogP contribution in [0.25, 0.3) is 0 Å². The fourth-order valence-electron chi connectivity index (χ4n) is 1.58. The lowest BCUT2D eigenvalue weighted by atomic mass is 9.95. The number of hydrogen-bond acceptors (Lipinski definition) is 2. The van der Waals surface area contributed by atoms with E-state index in [0.717, 1.165) is 25.9 Å². The number of aryl methyl sites for hydroxylation is 1. The zero-order valence-electron chi connectivity index (χ0n) is 10.5. The quantitative estimate of drug-likeness (QED) is 0.747. The largest absolute Gasteiger partial charge is 0.307 e. The standard InChI is InChI=1S/C12H22ClN3/c1-4-12(3,6-7-13)14-8-11-9-15-16(5-2)10-11/h9-10,14H,4-8H2,1-3H3. The van der Waals surface area contributed by atoms with Crippen molar-refractivity contribution >= 4 is 11.6 Å². The first-order valence-corrected chi connectivity index (χ1v) is 6.49. The van der Waals surface area contributed by atoms with E-state index >= 15 is 0 Å². The van der Waals surface area contributed by atoms with Crippen molar-refractivity contribution in [3.8, 4) is 0 Å². The number of aromatic nitrogens is 2. The minimum absolute atomic E-state index is 0.135. The number of rotatable bonds is 7. The molecule has 92 valence electrons. The molecule has 0 aliphatic rings. The Bertz CT molecular complexity index is 311. The first kappa shape index (κ1) is 13.5. The highest BCUT2D eigenvalue weighted by atomic mass is 35.5. The molecular formula is C12H22ClN3. The highest BCUT2D eigenvalue weighted by molar-refractivity contribution is 6.17. The second-order valence-corrected chi connectivity index (χ2v) is 4.79. The Labute approximate surface area is 103 Å². The van der Waals surface area contributed by atoms with Crippen LogP contribution < -0.4 is 5.32 Å². The molecule has 1 rings (SSSR count). The summed E-state index contributed by atoms with van der Waals surface area (Å²) < 4.78 is 1.95. The van der Waals surface area contributed by atoms with Crippen LogP contribution in [0, 0.1) is 0 Å². The van der Waals surface area contributed by atoms with Crippen LogP contribution in [0.2, 0.25) is 0 Å². The lowest BCUT2D eigenvalue weighted by molar-refractivity contribution is 0.331. The van der Waals surface area contributed by atoms with Gasteiger partial charge in [-0.2, -0.15) is 5.10 Å². The van der Waals surface area contributed by atoms with E-state index in [0.29, 0.717) is 5.88 Å². The molecule has 0 bridgehead atoms. The van der Waals surface area contributed by atoms with Gasteiger partial charge in [0.1, 0.15) is 0 Å². The van der Waals surface area contributed by atoms with Crippen molar-refractivity contribution in [1.29, 1.82) is 0 Å². The molecule has 0 fully saturated rings. The monoisotopic (exact) mass is 243 g/mol. The smallest absolute Gasteiger partial charge is 0.0534 e. The van der Waals surface area contributed by atoms with Crippen LogP contribution in [0.15, 0.2) is 12.4 Å². The molecular weight excluding hydrogens is 222 g/mol. The lowest BCUT2D eigenvalue weighted by Gasteiger charge is -2.28. The summed E-state index contributed by atoms with van der Waals surface area (Å²) in [6, 6.07) is 0. The molecule has 3 nitrogen and oxygen atoms in total. The summed E-state index contributed by atoms with van der Waals surface area (Å²) in [7, 11) is 0. The second kappa shape index (κ2) is 6.26. The van der Waals surface area contributed by atoms with Gasteiger partial charge in [-0.3, -0.25) is 4.68 Å². The zero-order valence-corrected chi connectivity index (χ0v) is 11.2. The highest BCUT2D eigenvalue weighted by Crippen LogP contribution is 2.16. The Morgan fingerprint density at radius 2 is 2.25 bits per heavy atom. The number of nitrogens with one attached hydrogen (secondary N) is 1. The van der Waals surface area contributed by atoms with Gasteiger partial charge in [0, 0.05) is 36.3 Å². The molecule has 1 atom stereocenters. The topological polar surface area (TPSA) is 29.9 Å². The van der Waals surface area contributed by atoms with Gasteiger partial charge in [-0.15, -0.1) is 11.6 Å². The predicted molar refractivity (Wildman–Crippen MR) is 68.8 cm³/mol. The average Bonchev–Trinajstić information content (AvgIpc) is 2.75. The molecule has 0 radical (unpaired) electrons. The first-order valence-electron chi connectivity index (χ1n) is 5.96. The second-order valence-electron chi connectivity index (χ2n) is 4.41. The lowest BCUT2D eigenvalue weighted by Crippen LogP contribution is -2.41. The van der Waals surface area contributed by atoms with Crippen LogP contribution in [-0.2, 0) is 13.1 Å². The van der Waals surface area contributed by atoms with Gasteiger partial charge in [0.2, 0.25) is 0 Å². The highest BCUT2D eigenvalue weighted by Gasteiger charge is 2.20. The number of alkyl halides is 1. The third kappa shape index (κ3) is 3.80. The predicted octanol–water partition coefficient (Wildman–Crippen LogP) is 2.79. The number of hydrogen-bond donors (Lipinski definition) is 1. The van der Waals surface area contributed by atoms with Crippen LogP contribution in [-0.4, -0.2) is 21.2 Å². The Morgan fingerprint density at radius 3 is 2.75 bits per heavy atom. The van der Waals surface area contributed by atoms with Gasteiger partial charge in [0.15, 0.2) is 0 Å². The summed E-state index contributed by atoms with van der Waals surface area (Å²) in [6.45, 7) is 8.29. The molecule has 1 N–H and O–H groups in total. The summed E-state index contributed by atoms with van der Waals surface area (Å²) >= 11 is 5.82. The molecule has 0 saturated carbocycles. The Kier molecular flexibility index (Phi) is 5.29. The fraction of sp³-hybridized carbons (Fsp3) is 0.750. The molecule has 1 heterocycles. The van der Waals surface area contributed by atoms with Crippen LogP contribution in [0.4, 0.5) is 0 Å². The summed E-state index contributed by atoms with van der Waals surface area (Å²) in [5.74, 6) is 0.700. The minimum atomic E-state index is 0.135. The van der Waals surface area contributed by atoms with E-state index in [1.54, 1.807) is 0 Å². The molecule has 1 unspecified atom stereocenters. The van der Waals surface area contributed by atoms with E-state index in [1.807, 2.05) is 10.9 Å². The molecule has 16 heavy (non-hydrogen) atoms. The Balaban J connectivity index is 2.48. The zero-order chi connectivity index (χ0) is 12.0. The van der Waals surface area contributed by atoms with E-state index in [9.17, 15) is 0 Å². The van der Waals surface area contributed by atoms with E-state index in [1.165, 1.54) is 5.56 Å². The Hall–Kier alpha value is -0.540. The van der Waals surface area contributed by atoms with Crippen LogP contribution in [0.5, 0.6) is 0 Å². The van der Waals surface area contributed by atoms with Gasteiger partial charge in [0.05, 0.1) is 6.20 Å². The van der Waals surface area contributed by atoms with Crippen molar-refractivity contribution in [2.24, 2.45) is 0 Å². The fourth-order valence-corrected chi connectivity index (χ4v) is 2.00. The summed E-state index contributed by atoms with van der Waals surface area (Å²) in [4.78, 5) is 0. The van der Waals surface area contributed by atoms with Gasteiger partial charge >= 0.3 is 0 Å². The molecule has 0 aliphatic carbocycles. The van der Waals surface area contributed by atoms with Crippen molar-refractivity contribution in [1.82, 2.24) is 15.1 Å². The van der Waals surface area contributed by atoms with E-state index in [4.69, 9.17) is 11.6 Å². The first-order chi connectivity index (χ1) is 7.63. The average molecular weight is 244 g/mol. The summed E-state index contributed by atoms with van der Waals surface area (Å²) in [5, 5.41) is 7.82. The molecule has 1 aromatic rings. The van der Waals surface area contributed by atoms with Crippen molar-refractivity contribution in [3.63, 3.8) is 0 Å². The molecule has 0 saturated heterocycles. The van der Waals surface area contributed by atoms with Crippen molar-refractivity contribution in [2.45, 2.75) is 52.2 Å². The van der Waals surface area contributed by atoms with Gasteiger partial charge in [0.25, 0.3) is 0 Å². The van der Waals surface area contributed by atoms with E-state index in [2.05, 4.69) is 37.4 Å². The van der Waals surface area contributed by atoms with Gasteiger partial charge in [-0.1, -0.05) is 6.92 Å². The van der Waals surface area contributed by atoms with Crippen LogP contribution in [0.3, 0.4) is 0 Å². The molecule has 0 aliphatic heterocycles. The van der Waals surface area contributed by atoms with E-state index < -0.39 is 0 Å². The third-order valence-electron chi connectivity index (χ3n) is 3.16. The number of halogens is 1. The Morgan fingerprint density at radius 1 is 1.50 bits per heavy atom. The van der Waals surface area contributed by atoms with Crippen molar-refractivity contribution in [2.75, 3.05) is 5.88 Å². The van der Waals surface area contributed by atoms with Gasteiger partial charge in [-0.05, 0) is 26.7 Å². The van der Waals surface area contributed by atoms with Crippen LogP contribution in [0.1, 0.15) is 39.2 Å². The molecule has 0 amide bonds. The van der Waals surface area contributed by atoms with E-state index in [-0.39, 0.29) is 5.54 Å². The van der Waals surface area contributed by atoms with Crippen LogP contribution >= 0.6 is 11.6 Å². The normalized spacial score (nSPS) is 15.0.